The van der Waals surface area contributed by atoms with E-state index in [0.29, 0.717) is 47.9 Å². The summed E-state index contributed by atoms with van der Waals surface area (Å²) in [6.45, 7) is 2.47. The molecule has 0 saturated heterocycles. The van der Waals surface area contributed by atoms with E-state index in [2.05, 4.69) is 15.0 Å². The number of nitrogens with zero attached hydrogens (tertiary/aromatic N) is 3. The lowest BCUT2D eigenvalue weighted by molar-refractivity contribution is 0.279. The van der Waals surface area contributed by atoms with E-state index in [0.717, 1.165) is 96.7 Å². The van der Waals surface area contributed by atoms with Crippen molar-refractivity contribution in [2.24, 2.45) is 15.0 Å². The van der Waals surface area contributed by atoms with E-state index in [1.807, 2.05) is 128 Å². The van der Waals surface area contributed by atoms with Gasteiger partial charge in [0.2, 0.25) is 0 Å². The van der Waals surface area contributed by atoms with Gasteiger partial charge in [0, 0.05) is 40.3 Å². The van der Waals surface area contributed by atoms with Gasteiger partial charge in [-0.2, -0.15) is 0 Å². The van der Waals surface area contributed by atoms with E-state index >= 15 is 0 Å². The molecule has 0 aliphatic carbocycles. The highest BCUT2D eigenvalue weighted by molar-refractivity contribution is 6.30. The van der Waals surface area contributed by atoms with Crippen LogP contribution < -0.4 is 18.9 Å². The SMILES string of the molecule is Fc1ccc(N=Cc2ccc(OCCCCCCOc3ccc(C=Nc4ccc(Cl)cc4)cc3)cc2OCCCCCCOc2ccc(C=Nc3ccc(Cl)cc3)cc2)cc1. The summed E-state index contributed by atoms with van der Waals surface area (Å²) in [7, 11) is 0. The summed E-state index contributed by atoms with van der Waals surface area (Å²) in [4.78, 5) is 13.5. The van der Waals surface area contributed by atoms with Crippen LogP contribution in [0.2, 0.25) is 10.0 Å². The molecule has 0 spiro atoms. The minimum atomic E-state index is -0.296. The fraction of sp³-hybridized carbons (Fsp3) is 0.235. The van der Waals surface area contributed by atoms with Crippen LogP contribution >= 0.6 is 23.2 Å². The quantitative estimate of drug-likeness (QED) is 0.0449. The van der Waals surface area contributed by atoms with Gasteiger partial charge in [-0.3, -0.25) is 15.0 Å². The van der Waals surface area contributed by atoms with Crippen LogP contribution in [0.15, 0.2) is 155 Å². The normalized spacial score (nSPS) is 11.5. The molecule has 0 aromatic heterocycles. The molecule has 0 aliphatic heterocycles. The van der Waals surface area contributed by atoms with Crippen molar-refractivity contribution >= 4 is 58.9 Å². The van der Waals surface area contributed by atoms with Crippen molar-refractivity contribution in [3.05, 3.63) is 172 Å². The van der Waals surface area contributed by atoms with Crippen LogP contribution in [0, 0.1) is 5.82 Å². The standard InChI is InChI=1S/C51H50Cl2FN3O4/c52-42-14-20-45(21-15-42)55-36-39-9-26-48(27-10-39)58-31-5-1-2-7-33-60-50-30-13-41(38-57-47-24-18-44(54)19-25-47)51(35-50)61-34-8-4-3-6-32-59-49-28-11-40(12-29-49)37-56-46-22-16-43(53)17-23-46/h9-30,35-38H,1-8,31-34H2. The Kier molecular flexibility index (Phi) is 18.2. The van der Waals surface area contributed by atoms with Gasteiger partial charge in [0.05, 0.1) is 43.5 Å². The van der Waals surface area contributed by atoms with E-state index < -0.39 is 0 Å². The van der Waals surface area contributed by atoms with Crippen molar-refractivity contribution in [2.45, 2.75) is 51.4 Å². The second-order valence-electron chi connectivity index (χ2n) is 14.3. The minimum Gasteiger partial charge on any atom is -0.494 e. The Morgan fingerprint density at radius 1 is 0.393 bits per heavy atom. The Morgan fingerprint density at radius 2 is 0.770 bits per heavy atom. The third kappa shape index (κ3) is 16.5. The summed E-state index contributed by atoms with van der Waals surface area (Å²) < 4.78 is 37.7. The van der Waals surface area contributed by atoms with Crippen LogP contribution in [-0.2, 0) is 0 Å². The van der Waals surface area contributed by atoms with Crippen LogP contribution in [0.5, 0.6) is 23.0 Å². The Morgan fingerprint density at radius 3 is 1.23 bits per heavy atom. The van der Waals surface area contributed by atoms with E-state index in [4.69, 9.17) is 42.1 Å². The molecule has 0 fully saturated rings. The molecule has 61 heavy (non-hydrogen) atoms. The number of rotatable bonds is 24. The third-order valence-corrected chi connectivity index (χ3v) is 9.95. The minimum absolute atomic E-state index is 0.296. The number of benzene rings is 6. The molecule has 0 atom stereocenters. The molecule has 0 N–H and O–H groups in total. The Hall–Kier alpha value is -5.96. The van der Waals surface area contributed by atoms with Crippen molar-refractivity contribution in [3.63, 3.8) is 0 Å². The van der Waals surface area contributed by atoms with Gasteiger partial charge in [0.25, 0.3) is 0 Å². The molecule has 0 aliphatic rings. The van der Waals surface area contributed by atoms with Crippen LogP contribution in [0.3, 0.4) is 0 Å². The molecule has 0 bridgehead atoms. The lowest BCUT2D eigenvalue weighted by Crippen LogP contribution is -2.03. The number of hydrogen-bond acceptors (Lipinski definition) is 7. The van der Waals surface area contributed by atoms with Gasteiger partial charge in [0.15, 0.2) is 0 Å². The molecule has 6 rings (SSSR count). The maximum Gasteiger partial charge on any atom is 0.131 e. The zero-order chi connectivity index (χ0) is 42.3. The van der Waals surface area contributed by atoms with E-state index in [9.17, 15) is 4.39 Å². The van der Waals surface area contributed by atoms with Gasteiger partial charge in [-0.25, -0.2) is 4.39 Å². The molecule has 0 amide bonds. The summed E-state index contributed by atoms with van der Waals surface area (Å²) in [6, 6.07) is 42.6. The maximum absolute atomic E-state index is 13.4. The Balaban J connectivity index is 0.870. The second-order valence-corrected chi connectivity index (χ2v) is 15.1. The average molecular weight is 859 g/mol. The van der Waals surface area contributed by atoms with E-state index in [-0.39, 0.29) is 5.82 Å². The molecule has 314 valence electrons. The first-order chi connectivity index (χ1) is 29.9. The number of ether oxygens (including phenoxy) is 4. The van der Waals surface area contributed by atoms with Crippen molar-refractivity contribution in [1.29, 1.82) is 0 Å². The van der Waals surface area contributed by atoms with Crippen molar-refractivity contribution in [2.75, 3.05) is 26.4 Å². The fourth-order valence-electron chi connectivity index (χ4n) is 6.03. The van der Waals surface area contributed by atoms with E-state index in [1.54, 1.807) is 18.3 Å². The molecule has 0 unspecified atom stereocenters. The molecule has 7 nitrogen and oxygen atoms in total. The molecule has 0 saturated carbocycles. The molecule has 6 aromatic rings. The zero-order valence-electron chi connectivity index (χ0n) is 34.1. The predicted molar refractivity (Wildman–Crippen MR) is 249 cm³/mol. The summed E-state index contributed by atoms with van der Waals surface area (Å²) in [5.41, 5.74) is 5.19. The first kappa shape index (κ1) is 44.6. The van der Waals surface area contributed by atoms with E-state index in [1.165, 1.54) is 12.1 Å². The summed E-state index contributed by atoms with van der Waals surface area (Å²) in [6.07, 6.45) is 13.3. The Labute approximate surface area is 368 Å². The molecule has 10 heteroatoms. The summed E-state index contributed by atoms with van der Waals surface area (Å²) in [5, 5.41) is 1.38. The predicted octanol–water partition coefficient (Wildman–Crippen LogP) is 14.4. The monoisotopic (exact) mass is 857 g/mol. The summed E-state index contributed by atoms with van der Waals surface area (Å²) >= 11 is 11.9. The van der Waals surface area contributed by atoms with Crippen LogP contribution in [0.25, 0.3) is 0 Å². The summed E-state index contributed by atoms with van der Waals surface area (Å²) in [5.74, 6) is 2.84. The van der Waals surface area contributed by atoms with Crippen LogP contribution in [0.4, 0.5) is 21.5 Å². The Bertz CT molecular complexity index is 2280. The molecular weight excluding hydrogens is 808 g/mol. The van der Waals surface area contributed by atoms with Crippen LogP contribution in [-0.4, -0.2) is 45.1 Å². The molecule has 0 radical (unpaired) electrons. The third-order valence-electron chi connectivity index (χ3n) is 9.44. The van der Waals surface area contributed by atoms with Gasteiger partial charge < -0.3 is 18.9 Å². The largest absolute Gasteiger partial charge is 0.494 e. The maximum atomic E-state index is 13.4. The fourth-order valence-corrected chi connectivity index (χ4v) is 6.28. The first-order valence-corrected chi connectivity index (χ1v) is 21.5. The number of unbranched alkanes of at least 4 members (excludes halogenated alkanes) is 6. The van der Waals surface area contributed by atoms with Crippen molar-refractivity contribution < 1.29 is 23.3 Å². The zero-order valence-corrected chi connectivity index (χ0v) is 35.6. The first-order valence-electron chi connectivity index (χ1n) is 20.7. The number of halogens is 3. The van der Waals surface area contributed by atoms with Crippen molar-refractivity contribution in [1.82, 2.24) is 0 Å². The number of hydrogen-bond donors (Lipinski definition) is 0. The molecule has 0 heterocycles. The molecular formula is C51H50Cl2FN3O4. The topological polar surface area (TPSA) is 74.0 Å². The van der Waals surface area contributed by atoms with Crippen molar-refractivity contribution in [3.8, 4) is 23.0 Å². The second kappa shape index (κ2) is 25.0. The molecule has 6 aromatic carbocycles. The highest BCUT2D eigenvalue weighted by Crippen LogP contribution is 2.26. The average Bonchev–Trinajstić information content (AvgIpc) is 3.28. The van der Waals surface area contributed by atoms with Gasteiger partial charge in [-0.15, -0.1) is 0 Å². The van der Waals surface area contributed by atoms with Gasteiger partial charge in [-0.05, 0) is 196 Å². The van der Waals surface area contributed by atoms with Gasteiger partial charge in [0.1, 0.15) is 28.8 Å². The smallest absolute Gasteiger partial charge is 0.131 e. The lowest BCUT2D eigenvalue weighted by atomic mass is 10.2. The van der Waals surface area contributed by atoms with Crippen LogP contribution in [0.1, 0.15) is 68.1 Å². The van der Waals surface area contributed by atoms with Gasteiger partial charge in [-0.1, -0.05) is 23.2 Å². The highest BCUT2D eigenvalue weighted by atomic mass is 35.5. The highest BCUT2D eigenvalue weighted by Gasteiger charge is 2.07. The number of aliphatic imine (C=N–C) groups is 3. The lowest BCUT2D eigenvalue weighted by Gasteiger charge is -2.13. The van der Waals surface area contributed by atoms with Gasteiger partial charge >= 0.3 is 0 Å².